The van der Waals surface area contributed by atoms with Crippen molar-refractivity contribution in [2.45, 2.75) is 20.3 Å². The van der Waals surface area contributed by atoms with Gasteiger partial charge in [-0.05, 0) is 66.8 Å². The van der Waals surface area contributed by atoms with Gasteiger partial charge in [-0.3, -0.25) is 0 Å². The second-order valence-electron chi connectivity index (χ2n) is 7.28. The number of rotatable bonds is 1. The summed E-state index contributed by atoms with van der Waals surface area (Å²) in [6.07, 6.45) is 1.02. The maximum atomic E-state index is 15.0. The van der Waals surface area contributed by atoms with E-state index in [2.05, 4.69) is 42.7 Å². The van der Waals surface area contributed by atoms with Crippen LogP contribution in [-0.4, -0.2) is 0 Å². The summed E-state index contributed by atoms with van der Waals surface area (Å²) < 4.78 is 15.0. The van der Waals surface area contributed by atoms with Crippen LogP contribution in [0.15, 0.2) is 78.9 Å². The van der Waals surface area contributed by atoms with Crippen molar-refractivity contribution in [1.82, 2.24) is 0 Å². The fourth-order valence-electron chi connectivity index (χ4n) is 3.21. The van der Waals surface area contributed by atoms with Crippen molar-refractivity contribution in [1.29, 1.82) is 0 Å². The molecule has 4 rings (SSSR count). The minimum atomic E-state index is -0.290. The maximum Gasteiger partial charge on any atom is 0.146 e. The van der Waals surface area contributed by atoms with E-state index < -0.39 is 0 Å². The van der Waals surface area contributed by atoms with Crippen molar-refractivity contribution >= 4 is 10.8 Å². The molecular weight excluding hydrogens is 367 g/mol. The first kappa shape index (κ1) is 19.5. The van der Waals surface area contributed by atoms with Crippen molar-refractivity contribution in [2.24, 2.45) is 0 Å². The molecule has 0 spiro atoms. The maximum absolute atomic E-state index is 15.0. The van der Waals surface area contributed by atoms with Crippen LogP contribution >= 0.6 is 0 Å². The third-order valence-corrected chi connectivity index (χ3v) is 5.06. The standard InChI is InChI=1S/C29H21F/c1-3-22-8-10-24(11-9-22)12-13-25-15-19-28-27(20-25)18-17-26(29(28)30)16-14-23-6-4-21(2)5-7-23/h4-11,15,17-20H,3H2,1-2H3. The van der Waals surface area contributed by atoms with E-state index >= 15 is 0 Å². The van der Waals surface area contributed by atoms with Crippen LogP contribution in [0.1, 0.15) is 40.3 Å². The van der Waals surface area contributed by atoms with Crippen LogP contribution in [-0.2, 0) is 6.42 Å². The molecule has 0 heterocycles. The zero-order valence-electron chi connectivity index (χ0n) is 17.1. The molecule has 1 heteroatoms. The first-order valence-corrected chi connectivity index (χ1v) is 10.0. The number of aryl methyl sites for hydroxylation is 2. The smallest absolute Gasteiger partial charge is 0.146 e. The summed E-state index contributed by atoms with van der Waals surface area (Å²) in [4.78, 5) is 0. The molecule has 0 amide bonds. The van der Waals surface area contributed by atoms with E-state index in [9.17, 15) is 4.39 Å². The summed E-state index contributed by atoms with van der Waals surface area (Å²) in [6.45, 7) is 4.16. The van der Waals surface area contributed by atoms with Crippen LogP contribution in [0.25, 0.3) is 10.8 Å². The van der Waals surface area contributed by atoms with Gasteiger partial charge in [-0.2, -0.15) is 0 Å². The minimum absolute atomic E-state index is 0.290. The molecule has 0 fully saturated rings. The summed E-state index contributed by atoms with van der Waals surface area (Å²) in [5, 5.41) is 1.38. The van der Waals surface area contributed by atoms with Crippen molar-refractivity contribution in [3.63, 3.8) is 0 Å². The number of fused-ring (bicyclic) bond motifs is 1. The van der Waals surface area contributed by atoms with Crippen molar-refractivity contribution in [2.75, 3.05) is 0 Å². The molecule has 0 radical (unpaired) electrons. The summed E-state index contributed by atoms with van der Waals surface area (Å²) in [5.41, 5.74) is 5.58. The van der Waals surface area contributed by atoms with Gasteiger partial charge in [-0.25, -0.2) is 4.39 Å². The molecule has 0 aliphatic rings. The van der Waals surface area contributed by atoms with Gasteiger partial charge >= 0.3 is 0 Å². The fraction of sp³-hybridized carbons (Fsp3) is 0.103. The van der Waals surface area contributed by atoms with Crippen LogP contribution in [0.2, 0.25) is 0 Å². The predicted octanol–water partition coefficient (Wildman–Crippen LogP) is 6.65. The lowest BCUT2D eigenvalue weighted by atomic mass is 10.0. The van der Waals surface area contributed by atoms with Gasteiger partial charge in [0, 0.05) is 22.1 Å². The largest absolute Gasteiger partial charge is 0.205 e. The average molecular weight is 388 g/mol. The quantitative estimate of drug-likeness (QED) is 0.320. The van der Waals surface area contributed by atoms with E-state index in [-0.39, 0.29) is 5.82 Å². The lowest BCUT2D eigenvalue weighted by Crippen LogP contribution is -1.88. The molecule has 4 aromatic carbocycles. The number of benzene rings is 4. The van der Waals surface area contributed by atoms with Gasteiger partial charge in [0.2, 0.25) is 0 Å². The molecule has 30 heavy (non-hydrogen) atoms. The van der Waals surface area contributed by atoms with E-state index in [1.807, 2.05) is 61.5 Å². The van der Waals surface area contributed by atoms with E-state index in [0.717, 1.165) is 28.5 Å². The van der Waals surface area contributed by atoms with Gasteiger partial charge in [0.1, 0.15) is 5.82 Å². The second-order valence-corrected chi connectivity index (χ2v) is 7.28. The van der Waals surface area contributed by atoms with Crippen LogP contribution < -0.4 is 0 Å². The van der Waals surface area contributed by atoms with E-state index in [1.54, 1.807) is 12.1 Å². The molecule has 0 saturated carbocycles. The number of hydrogen-bond donors (Lipinski definition) is 0. The Bertz CT molecular complexity index is 1320. The third-order valence-electron chi connectivity index (χ3n) is 5.06. The third kappa shape index (κ3) is 4.43. The van der Waals surface area contributed by atoms with Crippen molar-refractivity contribution in [3.05, 3.63) is 118 Å². The Kier molecular flexibility index (Phi) is 5.65. The fourth-order valence-corrected chi connectivity index (χ4v) is 3.21. The monoisotopic (exact) mass is 388 g/mol. The zero-order valence-corrected chi connectivity index (χ0v) is 17.1. The normalized spacial score (nSPS) is 10.1. The van der Waals surface area contributed by atoms with Crippen LogP contribution in [0.4, 0.5) is 4.39 Å². The highest BCUT2D eigenvalue weighted by molar-refractivity contribution is 5.86. The Morgan fingerprint density at radius 2 is 1.27 bits per heavy atom. The van der Waals surface area contributed by atoms with E-state index in [1.165, 1.54) is 11.1 Å². The number of halogens is 1. The van der Waals surface area contributed by atoms with Gasteiger partial charge in [-0.15, -0.1) is 0 Å². The average Bonchev–Trinajstić information content (AvgIpc) is 2.78. The lowest BCUT2D eigenvalue weighted by molar-refractivity contribution is 0.636. The van der Waals surface area contributed by atoms with Crippen LogP contribution in [0.5, 0.6) is 0 Å². The van der Waals surface area contributed by atoms with E-state index in [4.69, 9.17) is 0 Å². The highest BCUT2D eigenvalue weighted by Crippen LogP contribution is 2.22. The SMILES string of the molecule is CCc1ccc(C#Cc2ccc3c(F)c(C#Cc4ccc(C)cc4)ccc3c2)cc1. The van der Waals surface area contributed by atoms with E-state index in [0.29, 0.717) is 10.9 Å². The summed E-state index contributed by atoms with van der Waals surface area (Å²) in [5.74, 6) is 12.1. The Morgan fingerprint density at radius 3 is 1.97 bits per heavy atom. The highest BCUT2D eigenvalue weighted by atomic mass is 19.1. The van der Waals surface area contributed by atoms with Gasteiger partial charge in [0.25, 0.3) is 0 Å². The highest BCUT2D eigenvalue weighted by Gasteiger charge is 2.06. The van der Waals surface area contributed by atoms with Crippen LogP contribution in [0.3, 0.4) is 0 Å². The molecule has 144 valence electrons. The van der Waals surface area contributed by atoms with Gasteiger partial charge in [0.15, 0.2) is 0 Å². The molecule has 4 aromatic rings. The predicted molar refractivity (Wildman–Crippen MR) is 123 cm³/mol. The molecule has 0 bridgehead atoms. The molecule has 0 saturated heterocycles. The Balaban J connectivity index is 1.61. The lowest BCUT2D eigenvalue weighted by Gasteiger charge is -2.03. The second kappa shape index (κ2) is 8.69. The zero-order chi connectivity index (χ0) is 20.9. The summed E-state index contributed by atoms with van der Waals surface area (Å²) in [6, 6.07) is 25.4. The van der Waals surface area contributed by atoms with Gasteiger partial charge in [-0.1, -0.05) is 72.6 Å². The van der Waals surface area contributed by atoms with Crippen molar-refractivity contribution < 1.29 is 4.39 Å². The van der Waals surface area contributed by atoms with Crippen LogP contribution in [0, 0.1) is 36.4 Å². The Morgan fingerprint density at radius 1 is 0.667 bits per heavy atom. The molecular formula is C29H21F. The molecule has 0 N–H and O–H groups in total. The molecule has 0 aliphatic heterocycles. The summed E-state index contributed by atoms with van der Waals surface area (Å²) >= 11 is 0. The molecule has 0 aromatic heterocycles. The molecule has 0 unspecified atom stereocenters. The summed E-state index contributed by atoms with van der Waals surface area (Å²) in [7, 11) is 0. The first-order valence-electron chi connectivity index (χ1n) is 10.0. The van der Waals surface area contributed by atoms with Crippen molar-refractivity contribution in [3.8, 4) is 23.7 Å². The van der Waals surface area contributed by atoms with Gasteiger partial charge in [0.05, 0.1) is 5.56 Å². The van der Waals surface area contributed by atoms with Gasteiger partial charge < -0.3 is 0 Å². The molecule has 0 aliphatic carbocycles. The Hall–Kier alpha value is -3.81. The molecule has 0 nitrogen and oxygen atoms in total. The topological polar surface area (TPSA) is 0 Å². The molecule has 0 atom stereocenters. The number of hydrogen-bond acceptors (Lipinski definition) is 0. The first-order chi connectivity index (χ1) is 14.6. The minimum Gasteiger partial charge on any atom is -0.205 e. The Labute approximate surface area is 177 Å².